The Bertz CT molecular complexity index is 1220. The van der Waals surface area contributed by atoms with Gasteiger partial charge in [-0.2, -0.15) is 13.2 Å². The van der Waals surface area contributed by atoms with E-state index in [1.807, 2.05) is 6.92 Å². The maximum Gasteiger partial charge on any atom is 0.573 e. The van der Waals surface area contributed by atoms with E-state index in [4.69, 9.17) is 9.84 Å². The fraction of sp³-hybridized carbons (Fsp3) is 0.407. The lowest BCUT2D eigenvalue weighted by Gasteiger charge is -2.18. The molecule has 1 N–H and O–H groups in total. The Morgan fingerprint density at radius 3 is 2.33 bits per heavy atom. The highest BCUT2D eigenvalue weighted by Crippen LogP contribution is 2.35. The highest BCUT2D eigenvalue weighted by atomic mass is 19.4. The zero-order chi connectivity index (χ0) is 28.6. The molecule has 0 fully saturated rings. The molecule has 1 aromatic heterocycles. The van der Waals surface area contributed by atoms with Crippen LogP contribution in [0.15, 0.2) is 54.7 Å². The summed E-state index contributed by atoms with van der Waals surface area (Å²) in [6, 6.07) is 11.0. The normalized spacial score (nSPS) is 12.8. The minimum absolute atomic E-state index is 0.0158. The van der Waals surface area contributed by atoms with Gasteiger partial charge in [0.05, 0.1) is 19.3 Å². The molecular formula is C27H28F6N2O4. The summed E-state index contributed by atoms with van der Waals surface area (Å²) in [4.78, 5) is 15.0. The van der Waals surface area contributed by atoms with Crippen molar-refractivity contribution in [1.29, 1.82) is 0 Å². The molecule has 0 bridgehead atoms. The van der Waals surface area contributed by atoms with Crippen LogP contribution in [-0.4, -0.2) is 33.6 Å². The van der Waals surface area contributed by atoms with Crippen LogP contribution in [0.4, 0.5) is 26.3 Å². The fourth-order valence-electron chi connectivity index (χ4n) is 4.30. The van der Waals surface area contributed by atoms with E-state index in [0.717, 1.165) is 29.5 Å². The zero-order valence-corrected chi connectivity index (χ0v) is 21.1. The fourth-order valence-corrected chi connectivity index (χ4v) is 4.30. The molecule has 0 radical (unpaired) electrons. The van der Waals surface area contributed by atoms with Gasteiger partial charge in [-0.05, 0) is 49.1 Å². The number of carbonyl (C=O) groups is 1. The predicted octanol–water partition coefficient (Wildman–Crippen LogP) is 7.57. The van der Waals surface area contributed by atoms with E-state index in [1.54, 1.807) is 24.3 Å². The number of para-hydroxylation sites is 1. The lowest BCUT2D eigenvalue weighted by Crippen LogP contribution is -2.17. The summed E-state index contributed by atoms with van der Waals surface area (Å²) < 4.78 is 89.6. The molecule has 0 aliphatic carbocycles. The molecule has 0 saturated heterocycles. The summed E-state index contributed by atoms with van der Waals surface area (Å²) in [6.07, 6.45) is -6.06. The standard InChI is InChI=1S/C27H28F6N2O4/c1-2-6-18(15-24(36)37)7-5-14-38-22-9-4-3-8-20(22)17-35-23(26(28,29)30)16-34-25(35)19-10-12-21(13-11-19)39-27(31,32)33/h3-4,8-13,16,18H,2,5-7,14-15,17H2,1H3,(H,36,37)/t18-/m1/s1. The van der Waals surface area contributed by atoms with Crippen molar-refractivity contribution in [2.75, 3.05) is 6.61 Å². The molecule has 1 heterocycles. The molecule has 2 aromatic carbocycles. The van der Waals surface area contributed by atoms with Gasteiger partial charge in [0.25, 0.3) is 0 Å². The molecule has 0 unspecified atom stereocenters. The van der Waals surface area contributed by atoms with Crippen molar-refractivity contribution < 1.29 is 45.7 Å². The zero-order valence-electron chi connectivity index (χ0n) is 21.1. The van der Waals surface area contributed by atoms with E-state index in [-0.39, 0.29) is 36.9 Å². The Labute approximate surface area is 221 Å². The van der Waals surface area contributed by atoms with Gasteiger partial charge < -0.3 is 19.1 Å². The van der Waals surface area contributed by atoms with Crippen molar-refractivity contribution in [2.45, 2.75) is 58.1 Å². The number of halogens is 6. The van der Waals surface area contributed by atoms with Crippen LogP contribution >= 0.6 is 0 Å². The number of benzene rings is 2. The van der Waals surface area contributed by atoms with Gasteiger partial charge in [0.1, 0.15) is 23.0 Å². The van der Waals surface area contributed by atoms with Gasteiger partial charge in [-0.25, -0.2) is 4.98 Å². The number of nitrogens with zero attached hydrogens (tertiary/aromatic N) is 2. The van der Waals surface area contributed by atoms with Crippen LogP contribution in [0.2, 0.25) is 0 Å². The summed E-state index contributed by atoms with van der Waals surface area (Å²) in [7, 11) is 0. The summed E-state index contributed by atoms with van der Waals surface area (Å²) in [5.41, 5.74) is -0.423. The number of rotatable bonds is 13. The largest absolute Gasteiger partial charge is 0.573 e. The Morgan fingerprint density at radius 2 is 1.72 bits per heavy atom. The summed E-state index contributed by atoms with van der Waals surface area (Å²) >= 11 is 0. The first kappa shape index (κ1) is 29.9. The summed E-state index contributed by atoms with van der Waals surface area (Å²) in [5.74, 6) is -1.08. The van der Waals surface area contributed by atoms with Crippen LogP contribution in [0.3, 0.4) is 0 Å². The molecular weight excluding hydrogens is 530 g/mol. The SMILES string of the molecule is CCC[C@H](CCCOc1ccccc1Cn1c(C(F)(F)F)cnc1-c1ccc(OC(F)(F)F)cc1)CC(=O)O. The highest BCUT2D eigenvalue weighted by molar-refractivity contribution is 5.67. The second-order valence-electron chi connectivity index (χ2n) is 8.97. The van der Waals surface area contributed by atoms with Crippen molar-refractivity contribution in [1.82, 2.24) is 9.55 Å². The van der Waals surface area contributed by atoms with Gasteiger partial charge in [-0.15, -0.1) is 13.2 Å². The molecule has 0 saturated carbocycles. The molecule has 1 atom stereocenters. The monoisotopic (exact) mass is 558 g/mol. The second-order valence-corrected chi connectivity index (χ2v) is 8.97. The Kier molecular flexibility index (Phi) is 9.87. The number of carboxylic acid groups (broad SMARTS) is 1. The first-order chi connectivity index (χ1) is 18.4. The molecule has 39 heavy (non-hydrogen) atoms. The highest BCUT2D eigenvalue weighted by Gasteiger charge is 2.36. The lowest BCUT2D eigenvalue weighted by atomic mass is 9.95. The molecule has 3 aromatic rings. The number of aromatic nitrogens is 2. The van der Waals surface area contributed by atoms with Gasteiger partial charge in [0.2, 0.25) is 0 Å². The average molecular weight is 559 g/mol. The first-order valence-corrected chi connectivity index (χ1v) is 12.3. The Morgan fingerprint density at radius 1 is 1.03 bits per heavy atom. The molecule has 3 rings (SSSR count). The number of hydrogen-bond acceptors (Lipinski definition) is 4. The Balaban J connectivity index is 1.80. The van der Waals surface area contributed by atoms with Gasteiger partial charge in [0.15, 0.2) is 0 Å². The Hall–Kier alpha value is -3.70. The van der Waals surface area contributed by atoms with Crippen molar-refractivity contribution in [3.63, 3.8) is 0 Å². The van der Waals surface area contributed by atoms with Gasteiger partial charge in [-0.3, -0.25) is 4.79 Å². The predicted molar refractivity (Wildman–Crippen MR) is 130 cm³/mol. The molecule has 212 valence electrons. The maximum atomic E-state index is 13.8. The third-order valence-electron chi connectivity index (χ3n) is 5.97. The number of imidazole rings is 1. The summed E-state index contributed by atoms with van der Waals surface area (Å²) in [5, 5.41) is 9.08. The van der Waals surface area contributed by atoms with E-state index in [9.17, 15) is 31.1 Å². The molecule has 0 aliphatic rings. The van der Waals surface area contributed by atoms with Crippen LogP contribution in [-0.2, 0) is 17.5 Å². The van der Waals surface area contributed by atoms with Crippen LogP contribution in [0.5, 0.6) is 11.5 Å². The van der Waals surface area contributed by atoms with E-state index in [2.05, 4.69) is 9.72 Å². The van der Waals surface area contributed by atoms with Crippen molar-refractivity contribution in [3.8, 4) is 22.9 Å². The number of aliphatic carboxylic acids is 1. The van der Waals surface area contributed by atoms with Crippen LogP contribution in [0.1, 0.15) is 50.3 Å². The van der Waals surface area contributed by atoms with Crippen LogP contribution in [0, 0.1) is 5.92 Å². The van der Waals surface area contributed by atoms with E-state index in [0.29, 0.717) is 30.4 Å². The van der Waals surface area contributed by atoms with E-state index >= 15 is 0 Å². The van der Waals surface area contributed by atoms with Crippen molar-refractivity contribution in [2.24, 2.45) is 5.92 Å². The molecule has 0 spiro atoms. The first-order valence-electron chi connectivity index (χ1n) is 12.3. The number of alkyl halides is 6. The molecule has 0 amide bonds. The molecule has 6 nitrogen and oxygen atoms in total. The second kappa shape index (κ2) is 12.9. The smallest absolute Gasteiger partial charge is 0.493 e. The van der Waals surface area contributed by atoms with E-state index < -0.39 is 30.0 Å². The number of carboxylic acids is 1. The average Bonchev–Trinajstić information content (AvgIpc) is 3.26. The third-order valence-corrected chi connectivity index (χ3v) is 5.97. The maximum absolute atomic E-state index is 13.8. The number of hydrogen-bond donors (Lipinski definition) is 1. The van der Waals surface area contributed by atoms with Crippen LogP contribution in [0.25, 0.3) is 11.4 Å². The minimum Gasteiger partial charge on any atom is -0.493 e. The van der Waals surface area contributed by atoms with Gasteiger partial charge in [0, 0.05) is 17.5 Å². The summed E-state index contributed by atoms with van der Waals surface area (Å²) in [6.45, 7) is 1.96. The van der Waals surface area contributed by atoms with Gasteiger partial charge >= 0.3 is 18.5 Å². The van der Waals surface area contributed by atoms with Crippen molar-refractivity contribution >= 4 is 5.97 Å². The van der Waals surface area contributed by atoms with Crippen LogP contribution < -0.4 is 9.47 Å². The van der Waals surface area contributed by atoms with Crippen molar-refractivity contribution in [3.05, 3.63) is 66.0 Å². The number of ether oxygens (including phenoxy) is 2. The third kappa shape index (κ3) is 8.93. The molecule has 12 heteroatoms. The topological polar surface area (TPSA) is 73.6 Å². The minimum atomic E-state index is -4.90. The lowest BCUT2D eigenvalue weighted by molar-refractivity contribution is -0.274. The van der Waals surface area contributed by atoms with E-state index in [1.165, 1.54) is 12.1 Å². The van der Waals surface area contributed by atoms with Gasteiger partial charge in [-0.1, -0.05) is 38.0 Å². The molecule has 0 aliphatic heterocycles. The quantitative estimate of drug-likeness (QED) is 0.173.